The topological polar surface area (TPSA) is 17.1 Å². The van der Waals surface area contributed by atoms with Crippen molar-refractivity contribution < 1.29 is 4.79 Å². The zero-order valence-electron chi connectivity index (χ0n) is 10.3. The van der Waals surface area contributed by atoms with Crippen LogP contribution in [0.15, 0.2) is 0 Å². The quantitative estimate of drug-likeness (QED) is 0.534. The summed E-state index contributed by atoms with van der Waals surface area (Å²) >= 11 is 0. The Labute approximate surface area is 89.3 Å². The number of ketones is 1. The molecule has 0 aromatic heterocycles. The Morgan fingerprint density at radius 2 is 1.71 bits per heavy atom. The molecule has 0 N–H and O–H groups in total. The van der Waals surface area contributed by atoms with Crippen LogP contribution in [-0.2, 0) is 4.79 Å². The van der Waals surface area contributed by atoms with Gasteiger partial charge < -0.3 is 0 Å². The molecular weight excluding hydrogens is 172 g/mol. The van der Waals surface area contributed by atoms with Crippen molar-refractivity contribution >= 4 is 5.78 Å². The molecule has 1 atom stereocenters. The minimum atomic E-state index is 0.220. The molecule has 0 rings (SSSR count). The Morgan fingerprint density at radius 1 is 1.07 bits per heavy atom. The average molecular weight is 198 g/mol. The van der Waals surface area contributed by atoms with Gasteiger partial charge in [0.05, 0.1) is 0 Å². The maximum atomic E-state index is 11.4. The average Bonchev–Trinajstić information content (AvgIpc) is 2.14. The van der Waals surface area contributed by atoms with Gasteiger partial charge in [0, 0.05) is 12.3 Å². The van der Waals surface area contributed by atoms with Crippen molar-refractivity contribution in [3.05, 3.63) is 0 Å². The Bertz CT molecular complexity index is 149. The van der Waals surface area contributed by atoms with Gasteiger partial charge in [-0.2, -0.15) is 0 Å². The fraction of sp³-hybridized carbons (Fsp3) is 0.923. The molecule has 0 heterocycles. The lowest BCUT2D eigenvalue weighted by Crippen LogP contribution is -2.08. The molecule has 0 saturated heterocycles. The predicted octanol–water partition coefficient (Wildman–Crippen LogP) is 4.21. The first-order valence-corrected chi connectivity index (χ1v) is 6.10. The summed E-state index contributed by atoms with van der Waals surface area (Å²) in [5.74, 6) is 1.37. The Kier molecular flexibility index (Phi) is 7.83. The van der Waals surface area contributed by atoms with Gasteiger partial charge in [0.25, 0.3) is 0 Å². The van der Waals surface area contributed by atoms with Crippen LogP contribution in [0.3, 0.4) is 0 Å². The number of hydrogen-bond acceptors (Lipinski definition) is 1. The fourth-order valence-electron chi connectivity index (χ4n) is 1.56. The van der Waals surface area contributed by atoms with Crippen molar-refractivity contribution in [1.82, 2.24) is 0 Å². The zero-order valence-corrected chi connectivity index (χ0v) is 10.3. The van der Waals surface area contributed by atoms with E-state index in [1.807, 2.05) is 13.8 Å². The van der Waals surface area contributed by atoms with Gasteiger partial charge in [-0.15, -0.1) is 0 Å². The number of hydrogen-bond donors (Lipinski definition) is 0. The summed E-state index contributed by atoms with van der Waals surface area (Å²) in [6, 6.07) is 0. The third-order valence-electron chi connectivity index (χ3n) is 2.83. The van der Waals surface area contributed by atoms with Crippen LogP contribution in [0.25, 0.3) is 0 Å². The van der Waals surface area contributed by atoms with Crippen LogP contribution in [0.1, 0.15) is 66.2 Å². The van der Waals surface area contributed by atoms with E-state index in [0.717, 1.165) is 18.8 Å². The van der Waals surface area contributed by atoms with Gasteiger partial charge in [-0.3, -0.25) is 4.79 Å². The lowest BCUT2D eigenvalue weighted by molar-refractivity contribution is -0.122. The maximum Gasteiger partial charge on any atom is 0.135 e. The van der Waals surface area contributed by atoms with Gasteiger partial charge in [0.1, 0.15) is 5.78 Å². The van der Waals surface area contributed by atoms with Gasteiger partial charge in [0.15, 0.2) is 0 Å². The minimum Gasteiger partial charge on any atom is -0.299 e. The number of carbonyl (C=O) groups excluding carboxylic acids is 1. The lowest BCUT2D eigenvalue weighted by Gasteiger charge is -2.11. The molecule has 0 radical (unpaired) electrons. The van der Waals surface area contributed by atoms with E-state index in [-0.39, 0.29) is 5.92 Å². The number of carbonyl (C=O) groups is 1. The highest BCUT2D eigenvalue weighted by atomic mass is 16.1. The smallest absolute Gasteiger partial charge is 0.135 e. The second kappa shape index (κ2) is 8.02. The molecule has 0 amide bonds. The highest BCUT2D eigenvalue weighted by Crippen LogP contribution is 2.16. The summed E-state index contributed by atoms with van der Waals surface area (Å²) in [7, 11) is 0. The van der Waals surface area contributed by atoms with Crippen LogP contribution in [0.2, 0.25) is 0 Å². The fourth-order valence-corrected chi connectivity index (χ4v) is 1.56. The maximum absolute atomic E-state index is 11.4. The van der Waals surface area contributed by atoms with E-state index in [4.69, 9.17) is 0 Å². The largest absolute Gasteiger partial charge is 0.299 e. The molecule has 1 heteroatoms. The van der Waals surface area contributed by atoms with E-state index >= 15 is 0 Å². The first kappa shape index (κ1) is 13.7. The second-order valence-corrected chi connectivity index (χ2v) is 4.76. The van der Waals surface area contributed by atoms with Crippen LogP contribution >= 0.6 is 0 Å². The molecule has 0 bridgehead atoms. The highest BCUT2D eigenvalue weighted by Gasteiger charge is 2.09. The van der Waals surface area contributed by atoms with Crippen molar-refractivity contribution in [2.45, 2.75) is 66.2 Å². The molecule has 0 aromatic rings. The molecule has 0 spiro atoms. The van der Waals surface area contributed by atoms with Crippen molar-refractivity contribution in [2.24, 2.45) is 11.8 Å². The molecule has 1 nitrogen and oxygen atoms in total. The predicted molar refractivity (Wildman–Crippen MR) is 62.4 cm³/mol. The van der Waals surface area contributed by atoms with E-state index in [0.29, 0.717) is 5.78 Å². The van der Waals surface area contributed by atoms with Crippen molar-refractivity contribution in [3.8, 4) is 0 Å². The molecule has 0 aromatic carbocycles. The van der Waals surface area contributed by atoms with Crippen molar-refractivity contribution in [2.75, 3.05) is 0 Å². The SMILES string of the molecule is CCCCCC(C)CCC(=O)C(C)C. The summed E-state index contributed by atoms with van der Waals surface area (Å²) in [6.45, 7) is 8.48. The first-order chi connectivity index (χ1) is 6.57. The van der Waals surface area contributed by atoms with E-state index in [2.05, 4.69) is 13.8 Å². The molecular formula is C13H26O. The third-order valence-corrected chi connectivity index (χ3v) is 2.83. The molecule has 0 aliphatic heterocycles. The third kappa shape index (κ3) is 7.11. The summed E-state index contributed by atoms with van der Waals surface area (Å²) in [4.78, 5) is 11.4. The number of unbranched alkanes of at least 4 members (excludes halogenated alkanes) is 2. The van der Waals surface area contributed by atoms with E-state index in [1.54, 1.807) is 0 Å². The van der Waals surface area contributed by atoms with Gasteiger partial charge in [-0.05, 0) is 12.3 Å². The number of Topliss-reactive ketones (excluding diaryl/α,β-unsaturated/α-hetero) is 1. The molecule has 14 heavy (non-hydrogen) atoms. The summed E-state index contributed by atoms with van der Waals surface area (Å²) in [5.41, 5.74) is 0. The standard InChI is InChI=1S/C13H26O/c1-5-6-7-8-12(4)9-10-13(14)11(2)3/h11-12H,5-10H2,1-4H3. The molecule has 0 saturated carbocycles. The van der Waals surface area contributed by atoms with Crippen LogP contribution in [0.5, 0.6) is 0 Å². The van der Waals surface area contributed by atoms with E-state index in [1.165, 1.54) is 25.7 Å². The molecule has 0 aliphatic rings. The molecule has 1 unspecified atom stereocenters. The Balaban J connectivity index is 3.43. The van der Waals surface area contributed by atoms with E-state index < -0.39 is 0 Å². The normalized spacial score (nSPS) is 13.2. The number of rotatable bonds is 8. The zero-order chi connectivity index (χ0) is 11.0. The van der Waals surface area contributed by atoms with Gasteiger partial charge in [-0.25, -0.2) is 0 Å². The van der Waals surface area contributed by atoms with Crippen molar-refractivity contribution in [1.29, 1.82) is 0 Å². The Morgan fingerprint density at radius 3 is 2.21 bits per heavy atom. The highest BCUT2D eigenvalue weighted by molar-refractivity contribution is 5.80. The van der Waals surface area contributed by atoms with Crippen molar-refractivity contribution in [3.63, 3.8) is 0 Å². The van der Waals surface area contributed by atoms with Gasteiger partial charge >= 0.3 is 0 Å². The molecule has 84 valence electrons. The van der Waals surface area contributed by atoms with Gasteiger partial charge in [0.2, 0.25) is 0 Å². The monoisotopic (exact) mass is 198 g/mol. The molecule has 0 aliphatic carbocycles. The van der Waals surface area contributed by atoms with Crippen LogP contribution in [0.4, 0.5) is 0 Å². The summed E-state index contributed by atoms with van der Waals surface area (Å²) < 4.78 is 0. The summed E-state index contributed by atoms with van der Waals surface area (Å²) in [5, 5.41) is 0. The van der Waals surface area contributed by atoms with Crippen LogP contribution < -0.4 is 0 Å². The van der Waals surface area contributed by atoms with Gasteiger partial charge in [-0.1, -0.05) is 53.4 Å². The summed E-state index contributed by atoms with van der Waals surface area (Å²) in [6.07, 6.45) is 7.11. The molecule has 0 fully saturated rings. The lowest BCUT2D eigenvalue weighted by atomic mass is 9.94. The van der Waals surface area contributed by atoms with E-state index in [9.17, 15) is 4.79 Å². The van der Waals surface area contributed by atoms with Crippen LogP contribution in [0, 0.1) is 11.8 Å². The Hall–Kier alpha value is -0.330. The minimum absolute atomic E-state index is 0.220. The first-order valence-electron chi connectivity index (χ1n) is 6.10. The van der Waals surface area contributed by atoms with Crippen LogP contribution in [-0.4, -0.2) is 5.78 Å². The second-order valence-electron chi connectivity index (χ2n) is 4.76.